The van der Waals surface area contributed by atoms with E-state index in [2.05, 4.69) is 4.72 Å². The Balaban J connectivity index is 2.12. The van der Waals surface area contributed by atoms with Gasteiger partial charge in [0.05, 0.1) is 24.2 Å². The summed E-state index contributed by atoms with van der Waals surface area (Å²) < 4.78 is 45.3. The topological polar surface area (TPSA) is 75.7 Å². The lowest BCUT2D eigenvalue weighted by molar-refractivity contribution is -0.136. The van der Waals surface area contributed by atoms with Crippen LogP contribution >= 0.6 is 0 Å². The molecule has 6 nitrogen and oxygen atoms in total. The van der Waals surface area contributed by atoms with Crippen molar-refractivity contribution in [1.82, 2.24) is 9.62 Å². The SMILES string of the molecule is Cc1cc(F)ccc1S(=O)(=O)N[C@@H](C)C(=O)N1CCOCC1. The van der Waals surface area contributed by atoms with Crippen molar-refractivity contribution in [2.75, 3.05) is 26.3 Å². The lowest BCUT2D eigenvalue weighted by atomic mass is 10.2. The smallest absolute Gasteiger partial charge is 0.241 e. The molecule has 1 aromatic rings. The Bertz CT molecular complexity index is 657. The summed E-state index contributed by atoms with van der Waals surface area (Å²) in [5.74, 6) is -0.805. The van der Waals surface area contributed by atoms with Gasteiger partial charge in [0.25, 0.3) is 0 Å². The highest BCUT2D eigenvalue weighted by molar-refractivity contribution is 7.89. The molecule has 2 rings (SSSR count). The second-order valence-corrected chi connectivity index (χ2v) is 6.87. The van der Waals surface area contributed by atoms with Gasteiger partial charge in [0.2, 0.25) is 15.9 Å². The molecule has 122 valence electrons. The van der Waals surface area contributed by atoms with Crippen LogP contribution in [-0.4, -0.2) is 51.6 Å². The van der Waals surface area contributed by atoms with Gasteiger partial charge >= 0.3 is 0 Å². The van der Waals surface area contributed by atoms with E-state index in [1.54, 1.807) is 4.90 Å². The molecule has 0 aliphatic carbocycles. The molecule has 1 saturated heterocycles. The summed E-state index contributed by atoms with van der Waals surface area (Å²) in [7, 11) is -3.89. The Morgan fingerprint density at radius 1 is 1.36 bits per heavy atom. The number of carbonyl (C=O) groups excluding carboxylic acids is 1. The van der Waals surface area contributed by atoms with E-state index in [0.717, 1.165) is 12.1 Å². The minimum atomic E-state index is -3.89. The quantitative estimate of drug-likeness (QED) is 0.880. The van der Waals surface area contributed by atoms with E-state index in [0.29, 0.717) is 31.9 Å². The molecule has 1 aromatic carbocycles. The number of ether oxygens (including phenoxy) is 1. The standard InChI is InChI=1S/C14H19FN2O4S/c1-10-9-12(15)3-4-13(10)22(19,20)16-11(2)14(18)17-5-7-21-8-6-17/h3-4,9,11,16H,5-8H2,1-2H3/t11-/m0/s1. The molecule has 1 atom stereocenters. The third-order valence-corrected chi connectivity index (χ3v) is 5.15. The summed E-state index contributed by atoms with van der Waals surface area (Å²) in [5, 5.41) is 0. The Labute approximate surface area is 129 Å². The van der Waals surface area contributed by atoms with Gasteiger partial charge in [0, 0.05) is 13.1 Å². The summed E-state index contributed by atoms with van der Waals surface area (Å²) in [6, 6.07) is 2.52. The molecule has 0 unspecified atom stereocenters. The minimum absolute atomic E-state index is 0.0319. The number of morpholine rings is 1. The van der Waals surface area contributed by atoms with Crippen molar-refractivity contribution in [2.45, 2.75) is 24.8 Å². The number of rotatable bonds is 4. The number of halogens is 1. The Morgan fingerprint density at radius 2 is 2.00 bits per heavy atom. The molecule has 0 spiro atoms. The van der Waals surface area contributed by atoms with E-state index in [9.17, 15) is 17.6 Å². The molecule has 1 N–H and O–H groups in total. The number of hydrogen-bond acceptors (Lipinski definition) is 4. The van der Waals surface area contributed by atoms with Crippen molar-refractivity contribution < 1.29 is 22.3 Å². The summed E-state index contributed by atoms with van der Waals surface area (Å²) in [4.78, 5) is 13.8. The van der Waals surface area contributed by atoms with E-state index in [4.69, 9.17) is 4.74 Å². The van der Waals surface area contributed by atoms with Gasteiger partial charge in [-0.15, -0.1) is 0 Å². The van der Waals surface area contributed by atoms with Crippen molar-refractivity contribution >= 4 is 15.9 Å². The zero-order valence-electron chi connectivity index (χ0n) is 12.5. The average molecular weight is 330 g/mol. The third kappa shape index (κ3) is 3.82. The number of aryl methyl sites for hydroxylation is 1. The maximum atomic E-state index is 13.1. The zero-order chi connectivity index (χ0) is 16.3. The van der Waals surface area contributed by atoms with Crippen LogP contribution in [-0.2, 0) is 19.6 Å². The Hall–Kier alpha value is -1.51. The van der Waals surface area contributed by atoms with Crippen molar-refractivity contribution in [3.05, 3.63) is 29.6 Å². The van der Waals surface area contributed by atoms with Gasteiger partial charge in [-0.2, -0.15) is 4.72 Å². The monoisotopic (exact) mass is 330 g/mol. The van der Waals surface area contributed by atoms with Crippen LogP contribution in [0.4, 0.5) is 4.39 Å². The zero-order valence-corrected chi connectivity index (χ0v) is 13.3. The van der Waals surface area contributed by atoms with Crippen molar-refractivity contribution in [3.63, 3.8) is 0 Å². The van der Waals surface area contributed by atoms with E-state index in [1.807, 2.05) is 0 Å². The number of carbonyl (C=O) groups is 1. The maximum Gasteiger partial charge on any atom is 0.241 e. The number of nitrogens with one attached hydrogen (secondary N) is 1. The van der Waals surface area contributed by atoms with Gasteiger partial charge in [-0.05, 0) is 37.6 Å². The fourth-order valence-electron chi connectivity index (χ4n) is 2.32. The van der Waals surface area contributed by atoms with Crippen molar-refractivity contribution in [1.29, 1.82) is 0 Å². The summed E-state index contributed by atoms with van der Waals surface area (Å²) >= 11 is 0. The molecular weight excluding hydrogens is 311 g/mol. The van der Waals surface area contributed by atoms with Crippen LogP contribution in [0.5, 0.6) is 0 Å². The van der Waals surface area contributed by atoms with Crippen LogP contribution in [0.15, 0.2) is 23.1 Å². The van der Waals surface area contributed by atoms with Crippen LogP contribution in [0.3, 0.4) is 0 Å². The first-order chi connectivity index (χ1) is 10.3. The predicted molar refractivity (Wildman–Crippen MR) is 78.3 cm³/mol. The number of hydrogen-bond donors (Lipinski definition) is 1. The fourth-order valence-corrected chi connectivity index (χ4v) is 3.74. The second kappa shape index (κ2) is 6.72. The van der Waals surface area contributed by atoms with Crippen LogP contribution < -0.4 is 4.72 Å². The summed E-state index contributed by atoms with van der Waals surface area (Å²) in [6.07, 6.45) is 0. The molecule has 8 heteroatoms. The van der Waals surface area contributed by atoms with Gasteiger partial charge in [-0.1, -0.05) is 0 Å². The lowest BCUT2D eigenvalue weighted by Crippen LogP contribution is -2.50. The number of benzene rings is 1. The van der Waals surface area contributed by atoms with E-state index in [1.165, 1.54) is 19.9 Å². The first-order valence-electron chi connectivity index (χ1n) is 6.96. The van der Waals surface area contributed by atoms with Gasteiger partial charge in [0.15, 0.2) is 0 Å². The van der Waals surface area contributed by atoms with Crippen LogP contribution in [0.25, 0.3) is 0 Å². The minimum Gasteiger partial charge on any atom is -0.378 e. The predicted octanol–water partition coefficient (Wildman–Crippen LogP) is 0.660. The van der Waals surface area contributed by atoms with E-state index in [-0.39, 0.29) is 10.8 Å². The van der Waals surface area contributed by atoms with Crippen molar-refractivity contribution in [2.24, 2.45) is 0 Å². The van der Waals surface area contributed by atoms with E-state index >= 15 is 0 Å². The molecule has 0 aromatic heterocycles. The van der Waals surface area contributed by atoms with Gasteiger partial charge < -0.3 is 9.64 Å². The highest BCUT2D eigenvalue weighted by Gasteiger charge is 2.27. The Kier molecular flexibility index (Phi) is 5.15. The van der Waals surface area contributed by atoms with Gasteiger partial charge in [-0.3, -0.25) is 4.79 Å². The lowest BCUT2D eigenvalue weighted by Gasteiger charge is -2.29. The molecular formula is C14H19FN2O4S. The molecule has 0 radical (unpaired) electrons. The number of sulfonamides is 1. The average Bonchev–Trinajstić information content (AvgIpc) is 2.46. The van der Waals surface area contributed by atoms with Crippen LogP contribution in [0.1, 0.15) is 12.5 Å². The Morgan fingerprint density at radius 3 is 2.59 bits per heavy atom. The third-order valence-electron chi connectivity index (χ3n) is 3.45. The molecule has 0 saturated carbocycles. The normalized spacial score (nSPS) is 17.3. The van der Waals surface area contributed by atoms with Crippen LogP contribution in [0, 0.1) is 12.7 Å². The summed E-state index contributed by atoms with van der Waals surface area (Å²) in [6.45, 7) is 4.78. The molecule has 1 amide bonds. The molecule has 1 aliphatic heterocycles. The highest BCUT2D eigenvalue weighted by atomic mass is 32.2. The molecule has 1 aliphatic rings. The van der Waals surface area contributed by atoms with Gasteiger partial charge in [0.1, 0.15) is 5.82 Å². The molecule has 0 bridgehead atoms. The van der Waals surface area contributed by atoms with E-state index < -0.39 is 21.9 Å². The van der Waals surface area contributed by atoms with Crippen LogP contribution in [0.2, 0.25) is 0 Å². The molecule has 1 fully saturated rings. The van der Waals surface area contributed by atoms with Crippen molar-refractivity contribution in [3.8, 4) is 0 Å². The molecule has 22 heavy (non-hydrogen) atoms. The number of amides is 1. The maximum absolute atomic E-state index is 13.1. The highest BCUT2D eigenvalue weighted by Crippen LogP contribution is 2.16. The van der Waals surface area contributed by atoms with Gasteiger partial charge in [-0.25, -0.2) is 12.8 Å². The first-order valence-corrected chi connectivity index (χ1v) is 8.44. The fraction of sp³-hybridized carbons (Fsp3) is 0.500. The summed E-state index contributed by atoms with van der Waals surface area (Å²) in [5.41, 5.74) is 0.290. The largest absolute Gasteiger partial charge is 0.378 e. The second-order valence-electron chi connectivity index (χ2n) is 5.19. The molecule has 1 heterocycles. The number of nitrogens with zero attached hydrogens (tertiary/aromatic N) is 1. The first kappa shape index (κ1) is 16.9.